The van der Waals surface area contributed by atoms with E-state index in [9.17, 15) is 0 Å². The highest BCUT2D eigenvalue weighted by Gasteiger charge is 2.16. The predicted octanol–water partition coefficient (Wildman–Crippen LogP) is 0.442. The Bertz CT molecular complexity index is 715. The van der Waals surface area contributed by atoms with E-state index in [0.717, 1.165) is 22.7 Å². The lowest BCUT2D eigenvalue weighted by atomic mass is 10.4. The zero-order chi connectivity index (χ0) is 12.9. The average Bonchev–Trinajstić information content (AvgIpc) is 2.92. The van der Waals surface area contributed by atoms with Crippen LogP contribution in [0.25, 0.3) is 11.2 Å². The first-order chi connectivity index (χ1) is 8.58. The van der Waals surface area contributed by atoms with Crippen molar-refractivity contribution in [2.45, 2.75) is 13.5 Å². The third-order valence-electron chi connectivity index (χ3n) is 3.14. The maximum absolute atomic E-state index is 5.98. The fourth-order valence-electron chi connectivity index (χ4n) is 2.20. The Morgan fingerprint density at radius 3 is 2.78 bits per heavy atom. The lowest BCUT2D eigenvalue weighted by Gasteiger charge is -2.06. The number of aryl methyl sites for hydroxylation is 3. The van der Waals surface area contributed by atoms with Gasteiger partial charge in [0.15, 0.2) is 5.65 Å². The highest BCUT2D eigenvalue weighted by atomic mass is 15.3. The molecule has 0 atom stereocenters. The minimum atomic E-state index is 0.490. The smallest absolute Gasteiger partial charge is 0.202 e. The molecule has 2 N–H and O–H groups in total. The van der Waals surface area contributed by atoms with Crippen molar-refractivity contribution in [1.82, 2.24) is 28.9 Å². The van der Waals surface area contributed by atoms with E-state index in [1.54, 1.807) is 10.9 Å². The molecule has 7 nitrogen and oxygen atoms in total. The minimum absolute atomic E-state index is 0.490. The van der Waals surface area contributed by atoms with Gasteiger partial charge >= 0.3 is 0 Å². The molecule has 0 aromatic carbocycles. The summed E-state index contributed by atoms with van der Waals surface area (Å²) >= 11 is 0. The SMILES string of the molecule is Cc1nn(C)c2c1nc(N)n2Cc1nccn1C. The van der Waals surface area contributed by atoms with Gasteiger partial charge in [-0.3, -0.25) is 9.25 Å². The van der Waals surface area contributed by atoms with Crippen LogP contribution in [0.2, 0.25) is 0 Å². The number of nitrogens with zero attached hydrogens (tertiary/aromatic N) is 6. The standard InChI is InChI=1S/C11H15N7/c1-7-9-10(17(3)15-7)18(11(12)14-9)6-8-13-4-5-16(8)2/h4-5H,6H2,1-3H3,(H2,12,14). The van der Waals surface area contributed by atoms with Crippen LogP contribution in [-0.4, -0.2) is 28.9 Å². The zero-order valence-electron chi connectivity index (χ0n) is 10.6. The molecule has 0 radical (unpaired) electrons. The number of nitrogen functional groups attached to an aromatic ring is 1. The second-order valence-corrected chi connectivity index (χ2v) is 4.39. The highest BCUT2D eigenvalue weighted by molar-refractivity contribution is 5.77. The number of hydrogen-bond donors (Lipinski definition) is 1. The van der Waals surface area contributed by atoms with E-state index >= 15 is 0 Å². The molecule has 3 heterocycles. The molecule has 0 saturated heterocycles. The fraction of sp³-hybridized carbons (Fsp3) is 0.364. The van der Waals surface area contributed by atoms with Crippen molar-refractivity contribution in [3.63, 3.8) is 0 Å². The molecule has 0 amide bonds. The molecule has 0 saturated carbocycles. The molecule has 0 aliphatic carbocycles. The van der Waals surface area contributed by atoms with Gasteiger partial charge in [0.1, 0.15) is 11.3 Å². The molecule has 0 bridgehead atoms. The number of anilines is 1. The van der Waals surface area contributed by atoms with Gasteiger partial charge in [-0.15, -0.1) is 0 Å². The number of imidazole rings is 2. The van der Waals surface area contributed by atoms with E-state index in [-0.39, 0.29) is 0 Å². The Hall–Kier alpha value is -2.31. The average molecular weight is 245 g/mol. The van der Waals surface area contributed by atoms with Crippen LogP contribution in [-0.2, 0) is 20.6 Å². The van der Waals surface area contributed by atoms with Gasteiger partial charge in [-0.05, 0) is 6.92 Å². The van der Waals surface area contributed by atoms with Crippen molar-refractivity contribution in [3.8, 4) is 0 Å². The lowest BCUT2D eigenvalue weighted by molar-refractivity contribution is 0.684. The van der Waals surface area contributed by atoms with Crippen LogP contribution in [0.3, 0.4) is 0 Å². The van der Waals surface area contributed by atoms with Gasteiger partial charge in [-0.1, -0.05) is 0 Å². The van der Waals surface area contributed by atoms with Crippen molar-refractivity contribution in [3.05, 3.63) is 23.9 Å². The Kier molecular flexibility index (Phi) is 2.16. The van der Waals surface area contributed by atoms with Crippen LogP contribution in [0.1, 0.15) is 11.5 Å². The van der Waals surface area contributed by atoms with Crippen molar-refractivity contribution in [2.75, 3.05) is 5.73 Å². The molecule has 0 unspecified atom stereocenters. The molecule has 18 heavy (non-hydrogen) atoms. The Morgan fingerprint density at radius 1 is 1.33 bits per heavy atom. The number of nitrogens with two attached hydrogens (primary N) is 1. The van der Waals surface area contributed by atoms with Crippen molar-refractivity contribution < 1.29 is 0 Å². The normalized spacial score (nSPS) is 11.5. The molecular formula is C11H15N7. The number of aromatic nitrogens is 6. The maximum Gasteiger partial charge on any atom is 0.202 e. The molecule has 3 rings (SSSR count). The summed E-state index contributed by atoms with van der Waals surface area (Å²) < 4.78 is 5.70. The summed E-state index contributed by atoms with van der Waals surface area (Å²) in [6.07, 6.45) is 3.68. The summed E-state index contributed by atoms with van der Waals surface area (Å²) in [6.45, 7) is 2.52. The Balaban J connectivity index is 2.17. The minimum Gasteiger partial charge on any atom is -0.369 e. The van der Waals surface area contributed by atoms with E-state index in [1.165, 1.54) is 0 Å². The van der Waals surface area contributed by atoms with Crippen LogP contribution >= 0.6 is 0 Å². The van der Waals surface area contributed by atoms with Crippen molar-refractivity contribution in [2.24, 2.45) is 14.1 Å². The third-order valence-corrected chi connectivity index (χ3v) is 3.14. The van der Waals surface area contributed by atoms with E-state index in [0.29, 0.717) is 12.5 Å². The molecule has 0 aliphatic rings. The topological polar surface area (TPSA) is 79.5 Å². The maximum atomic E-state index is 5.98. The molecule has 0 aliphatic heterocycles. The third kappa shape index (κ3) is 1.40. The van der Waals surface area contributed by atoms with Gasteiger partial charge in [0.05, 0.1) is 12.2 Å². The van der Waals surface area contributed by atoms with Crippen LogP contribution < -0.4 is 5.73 Å². The fourth-order valence-corrected chi connectivity index (χ4v) is 2.20. The molecule has 7 heteroatoms. The van der Waals surface area contributed by atoms with Gasteiger partial charge in [-0.25, -0.2) is 9.97 Å². The van der Waals surface area contributed by atoms with Crippen molar-refractivity contribution in [1.29, 1.82) is 0 Å². The Labute approximate surface area is 104 Å². The quantitative estimate of drug-likeness (QED) is 0.710. The first kappa shape index (κ1) is 10.8. The Morgan fingerprint density at radius 2 is 2.11 bits per heavy atom. The van der Waals surface area contributed by atoms with Gasteiger partial charge in [0.25, 0.3) is 0 Å². The van der Waals surface area contributed by atoms with Crippen LogP contribution in [0.5, 0.6) is 0 Å². The second kappa shape index (κ2) is 3.59. The summed E-state index contributed by atoms with van der Waals surface area (Å²) in [4.78, 5) is 8.67. The summed E-state index contributed by atoms with van der Waals surface area (Å²) in [7, 11) is 3.85. The summed E-state index contributed by atoms with van der Waals surface area (Å²) in [5, 5.41) is 4.35. The summed E-state index contributed by atoms with van der Waals surface area (Å²) in [6, 6.07) is 0. The molecular weight excluding hydrogens is 230 g/mol. The number of hydrogen-bond acceptors (Lipinski definition) is 4. The molecule has 3 aromatic heterocycles. The second-order valence-electron chi connectivity index (χ2n) is 4.39. The van der Waals surface area contributed by atoms with Gasteiger partial charge in [-0.2, -0.15) is 5.10 Å². The van der Waals surface area contributed by atoms with Crippen molar-refractivity contribution >= 4 is 17.1 Å². The predicted molar refractivity (Wildman–Crippen MR) is 68.0 cm³/mol. The zero-order valence-corrected chi connectivity index (χ0v) is 10.6. The summed E-state index contributed by atoms with van der Waals surface area (Å²) in [5.74, 6) is 1.42. The van der Waals surface area contributed by atoms with Crippen LogP contribution in [0, 0.1) is 6.92 Å². The highest BCUT2D eigenvalue weighted by Crippen LogP contribution is 2.20. The van der Waals surface area contributed by atoms with Crippen LogP contribution in [0.15, 0.2) is 12.4 Å². The molecule has 3 aromatic rings. The first-order valence-electron chi connectivity index (χ1n) is 5.69. The number of rotatable bonds is 2. The largest absolute Gasteiger partial charge is 0.369 e. The van der Waals surface area contributed by atoms with E-state index in [2.05, 4.69) is 15.1 Å². The number of fused-ring (bicyclic) bond motifs is 1. The first-order valence-corrected chi connectivity index (χ1v) is 5.69. The molecule has 94 valence electrons. The summed E-state index contributed by atoms with van der Waals surface area (Å²) in [5.41, 5.74) is 8.64. The van der Waals surface area contributed by atoms with Gasteiger partial charge in [0, 0.05) is 26.5 Å². The van der Waals surface area contributed by atoms with Crippen LogP contribution in [0.4, 0.5) is 5.95 Å². The van der Waals surface area contributed by atoms with Gasteiger partial charge in [0.2, 0.25) is 5.95 Å². The molecule has 0 spiro atoms. The lowest BCUT2D eigenvalue weighted by Crippen LogP contribution is -2.11. The van der Waals surface area contributed by atoms with Gasteiger partial charge < -0.3 is 10.3 Å². The van der Waals surface area contributed by atoms with E-state index in [1.807, 2.05) is 36.4 Å². The monoisotopic (exact) mass is 245 g/mol. The molecule has 0 fully saturated rings. The van der Waals surface area contributed by atoms with E-state index < -0.39 is 0 Å². The van der Waals surface area contributed by atoms with E-state index in [4.69, 9.17) is 5.73 Å².